The van der Waals surface area contributed by atoms with Crippen LogP contribution in [0.2, 0.25) is 10.0 Å². The molecule has 0 aliphatic carbocycles. The number of nitrogens with zero attached hydrogens (tertiary/aromatic N) is 2. The monoisotopic (exact) mass is 607 g/mol. The smallest absolute Gasteiger partial charge is 0.244 e. The summed E-state index contributed by atoms with van der Waals surface area (Å²) in [7, 11) is -4.10. The first kappa shape index (κ1) is 31.4. The molecule has 214 valence electrons. The highest BCUT2D eigenvalue weighted by atomic mass is 35.5. The maximum atomic E-state index is 14.7. The Morgan fingerprint density at radius 2 is 1.50 bits per heavy atom. The maximum absolute atomic E-state index is 14.7. The van der Waals surface area contributed by atoms with Crippen molar-refractivity contribution in [3.05, 3.63) is 99.8 Å². The van der Waals surface area contributed by atoms with Gasteiger partial charge in [-0.05, 0) is 50.6 Å². The zero-order chi connectivity index (χ0) is 29.7. The molecule has 1 atom stereocenters. The lowest BCUT2D eigenvalue weighted by Gasteiger charge is -2.35. The van der Waals surface area contributed by atoms with Gasteiger partial charge >= 0.3 is 0 Å². The number of anilines is 1. The molecular formula is C29H32Cl2FN3O4S. The van der Waals surface area contributed by atoms with Crippen LogP contribution in [-0.2, 0) is 32.6 Å². The second-order valence-corrected chi connectivity index (χ2v) is 13.1. The Kier molecular flexibility index (Phi) is 10.2. The number of nitrogens with one attached hydrogen (secondary N) is 1. The van der Waals surface area contributed by atoms with Gasteiger partial charge in [0.2, 0.25) is 21.8 Å². The van der Waals surface area contributed by atoms with Crippen LogP contribution in [-0.4, -0.2) is 49.5 Å². The minimum atomic E-state index is -4.10. The molecule has 0 unspecified atom stereocenters. The van der Waals surface area contributed by atoms with Gasteiger partial charge in [-0.1, -0.05) is 71.7 Å². The molecule has 3 rings (SSSR count). The third-order valence-corrected chi connectivity index (χ3v) is 7.79. The van der Waals surface area contributed by atoms with Gasteiger partial charge in [0.15, 0.2) is 0 Å². The van der Waals surface area contributed by atoms with Gasteiger partial charge in [-0.2, -0.15) is 0 Å². The second-order valence-electron chi connectivity index (χ2n) is 10.4. The van der Waals surface area contributed by atoms with Gasteiger partial charge in [-0.3, -0.25) is 13.9 Å². The minimum absolute atomic E-state index is 0.120. The van der Waals surface area contributed by atoms with Crippen LogP contribution in [0.3, 0.4) is 0 Å². The van der Waals surface area contributed by atoms with Crippen molar-refractivity contribution in [3.8, 4) is 0 Å². The van der Waals surface area contributed by atoms with Crippen molar-refractivity contribution in [1.29, 1.82) is 0 Å². The summed E-state index contributed by atoms with van der Waals surface area (Å²) in [6.45, 7) is 4.48. The number of benzene rings is 3. The average Bonchev–Trinajstić information content (AvgIpc) is 2.85. The Morgan fingerprint density at radius 3 is 2.05 bits per heavy atom. The highest BCUT2D eigenvalue weighted by Gasteiger charge is 2.35. The van der Waals surface area contributed by atoms with Crippen LogP contribution in [0.5, 0.6) is 0 Å². The fraction of sp³-hybridized carbons (Fsp3) is 0.310. The Balaban J connectivity index is 2.13. The van der Waals surface area contributed by atoms with Crippen LogP contribution in [0, 0.1) is 5.82 Å². The summed E-state index contributed by atoms with van der Waals surface area (Å²) in [5.41, 5.74) is 0.244. The molecule has 40 heavy (non-hydrogen) atoms. The fourth-order valence-corrected chi connectivity index (χ4v) is 5.48. The van der Waals surface area contributed by atoms with E-state index in [1.807, 2.05) is 51.1 Å². The van der Waals surface area contributed by atoms with Crippen molar-refractivity contribution in [2.75, 3.05) is 17.1 Å². The molecule has 0 saturated heterocycles. The molecule has 0 bridgehead atoms. The lowest BCUT2D eigenvalue weighted by atomic mass is 10.0. The molecule has 11 heteroatoms. The third-order valence-electron chi connectivity index (χ3n) is 5.96. The molecule has 0 saturated carbocycles. The van der Waals surface area contributed by atoms with E-state index < -0.39 is 45.8 Å². The van der Waals surface area contributed by atoms with Crippen LogP contribution in [0.15, 0.2) is 72.8 Å². The number of halogens is 3. The van der Waals surface area contributed by atoms with Gasteiger partial charge in [-0.15, -0.1) is 0 Å². The number of carbonyl (C=O) groups is 2. The van der Waals surface area contributed by atoms with E-state index >= 15 is 0 Å². The van der Waals surface area contributed by atoms with Crippen LogP contribution in [0.4, 0.5) is 10.1 Å². The topological polar surface area (TPSA) is 86.8 Å². The quantitative estimate of drug-likeness (QED) is 0.332. The molecule has 0 aliphatic heterocycles. The summed E-state index contributed by atoms with van der Waals surface area (Å²) in [5.74, 6) is -2.01. The molecule has 0 fully saturated rings. The number of amides is 2. The molecule has 0 aliphatic rings. The van der Waals surface area contributed by atoms with Crippen molar-refractivity contribution >= 4 is 50.7 Å². The highest BCUT2D eigenvalue weighted by Crippen LogP contribution is 2.28. The number of para-hydroxylation sites is 1. The molecule has 7 nitrogen and oxygen atoms in total. The van der Waals surface area contributed by atoms with Crippen molar-refractivity contribution in [2.24, 2.45) is 0 Å². The largest absolute Gasteiger partial charge is 0.350 e. The van der Waals surface area contributed by atoms with E-state index in [1.54, 1.807) is 18.2 Å². The van der Waals surface area contributed by atoms with Crippen LogP contribution in [0.25, 0.3) is 0 Å². The van der Waals surface area contributed by atoms with Crippen molar-refractivity contribution in [1.82, 2.24) is 10.2 Å². The van der Waals surface area contributed by atoms with E-state index in [2.05, 4.69) is 5.32 Å². The summed E-state index contributed by atoms with van der Waals surface area (Å²) >= 11 is 12.9. The van der Waals surface area contributed by atoms with E-state index in [9.17, 15) is 22.4 Å². The Hall–Kier alpha value is -3.14. The SMILES string of the molecule is CC(C)(C)NC(=O)[C@H](Cc1ccccc1)N(Cc1c(Cl)cccc1Cl)C(=O)CN(c1ccccc1F)S(C)(=O)=O. The van der Waals surface area contributed by atoms with Gasteiger partial charge in [0.25, 0.3) is 0 Å². The highest BCUT2D eigenvalue weighted by molar-refractivity contribution is 7.92. The van der Waals surface area contributed by atoms with Gasteiger partial charge in [0, 0.05) is 34.1 Å². The fourth-order valence-electron chi connectivity index (χ4n) is 4.11. The second kappa shape index (κ2) is 13.0. The summed E-state index contributed by atoms with van der Waals surface area (Å²) in [5, 5.41) is 3.47. The molecular weight excluding hydrogens is 576 g/mol. The minimum Gasteiger partial charge on any atom is -0.350 e. The van der Waals surface area contributed by atoms with Gasteiger partial charge < -0.3 is 10.2 Å². The summed E-state index contributed by atoms with van der Waals surface area (Å²) in [4.78, 5) is 29.0. The number of hydrogen-bond acceptors (Lipinski definition) is 4. The van der Waals surface area contributed by atoms with E-state index in [-0.39, 0.29) is 28.7 Å². The van der Waals surface area contributed by atoms with Crippen molar-refractivity contribution < 1.29 is 22.4 Å². The lowest BCUT2D eigenvalue weighted by Crippen LogP contribution is -2.56. The van der Waals surface area contributed by atoms with E-state index in [0.717, 1.165) is 17.9 Å². The molecule has 3 aromatic rings. The van der Waals surface area contributed by atoms with Crippen LogP contribution < -0.4 is 9.62 Å². The normalized spacial score (nSPS) is 12.5. The zero-order valence-electron chi connectivity index (χ0n) is 22.7. The number of sulfonamides is 1. The van der Waals surface area contributed by atoms with Gasteiger partial charge in [-0.25, -0.2) is 12.8 Å². The first-order chi connectivity index (χ1) is 18.7. The number of carbonyl (C=O) groups excluding carboxylic acids is 2. The van der Waals surface area contributed by atoms with E-state index in [0.29, 0.717) is 9.87 Å². The third kappa shape index (κ3) is 8.43. The zero-order valence-corrected chi connectivity index (χ0v) is 25.0. The molecule has 0 spiro atoms. The first-order valence-electron chi connectivity index (χ1n) is 12.5. The van der Waals surface area contributed by atoms with Crippen molar-refractivity contribution in [3.63, 3.8) is 0 Å². The van der Waals surface area contributed by atoms with Crippen molar-refractivity contribution in [2.45, 2.75) is 45.3 Å². The molecule has 0 aromatic heterocycles. The summed E-state index contributed by atoms with van der Waals surface area (Å²) < 4.78 is 40.9. The molecule has 0 radical (unpaired) electrons. The summed E-state index contributed by atoms with van der Waals surface area (Å²) in [6.07, 6.45) is 1.00. The molecule has 0 heterocycles. The van der Waals surface area contributed by atoms with E-state index in [1.165, 1.54) is 23.1 Å². The Labute approximate surface area is 244 Å². The van der Waals surface area contributed by atoms with Crippen LogP contribution >= 0.6 is 23.2 Å². The summed E-state index contributed by atoms with van der Waals surface area (Å²) in [6, 6.07) is 18.2. The Bertz CT molecular complexity index is 1440. The number of rotatable bonds is 10. The molecule has 2 amide bonds. The standard InChI is InChI=1S/C29H32Cl2FN3O4S/c1-29(2,3)33-28(37)26(17-20-11-6-5-7-12-20)34(18-21-22(30)13-10-14-23(21)31)27(36)19-35(40(4,38)39)25-16-9-8-15-24(25)32/h5-16,26H,17-19H2,1-4H3,(H,33,37)/t26-/m0/s1. The molecule has 1 N–H and O–H groups in total. The first-order valence-corrected chi connectivity index (χ1v) is 15.1. The van der Waals surface area contributed by atoms with E-state index in [4.69, 9.17) is 23.2 Å². The predicted molar refractivity (Wildman–Crippen MR) is 157 cm³/mol. The average molecular weight is 609 g/mol. The van der Waals surface area contributed by atoms with Crippen LogP contribution in [0.1, 0.15) is 31.9 Å². The lowest BCUT2D eigenvalue weighted by molar-refractivity contribution is -0.140. The number of hydrogen-bond donors (Lipinski definition) is 1. The maximum Gasteiger partial charge on any atom is 0.244 e. The Morgan fingerprint density at radius 1 is 0.925 bits per heavy atom. The predicted octanol–water partition coefficient (Wildman–Crippen LogP) is 5.45. The molecule has 3 aromatic carbocycles. The van der Waals surface area contributed by atoms with Gasteiger partial charge in [0.05, 0.1) is 11.9 Å². The van der Waals surface area contributed by atoms with Gasteiger partial charge in [0.1, 0.15) is 18.4 Å².